The molecule has 0 aliphatic carbocycles. The van der Waals surface area contributed by atoms with Gasteiger partial charge in [-0.25, -0.2) is 4.98 Å². The molecule has 1 aliphatic rings. The summed E-state index contributed by atoms with van der Waals surface area (Å²) in [5, 5.41) is 2.84. The molecule has 5 nitrogen and oxygen atoms in total. The fraction of sp³-hybridized carbons (Fsp3) is 0.316. The highest BCUT2D eigenvalue weighted by atomic mass is 16.2. The smallest absolute Gasteiger partial charge is 0.274 e. The Kier molecular flexibility index (Phi) is 4.60. The predicted octanol–water partition coefficient (Wildman–Crippen LogP) is 3.19. The fourth-order valence-corrected chi connectivity index (χ4v) is 2.78. The van der Waals surface area contributed by atoms with Crippen LogP contribution in [0.5, 0.6) is 0 Å². The minimum Gasteiger partial charge on any atom is -0.337 e. The molecule has 0 saturated carbocycles. The molecule has 1 aliphatic heterocycles. The summed E-state index contributed by atoms with van der Waals surface area (Å²) in [5.74, 6) is -0.414. The van der Waals surface area contributed by atoms with E-state index in [0.717, 1.165) is 37.2 Å². The number of aromatic nitrogens is 1. The molecule has 1 N–H and O–H groups in total. The largest absolute Gasteiger partial charge is 0.337 e. The van der Waals surface area contributed by atoms with E-state index in [4.69, 9.17) is 0 Å². The second-order valence-electron chi connectivity index (χ2n) is 6.16. The van der Waals surface area contributed by atoms with E-state index >= 15 is 0 Å². The van der Waals surface area contributed by atoms with Gasteiger partial charge >= 0.3 is 0 Å². The van der Waals surface area contributed by atoms with Crippen molar-refractivity contribution in [2.45, 2.75) is 26.7 Å². The summed E-state index contributed by atoms with van der Waals surface area (Å²) in [6.07, 6.45) is 2.05. The molecule has 1 fully saturated rings. The molecule has 0 bridgehead atoms. The molecule has 2 amide bonds. The quantitative estimate of drug-likeness (QED) is 0.943. The minimum absolute atomic E-state index is 0.103. The number of rotatable bonds is 3. The molecular formula is C19H21N3O2. The maximum Gasteiger partial charge on any atom is 0.274 e. The highest BCUT2D eigenvalue weighted by Gasteiger charge is 2.21. The van der Waals surface area contributed by atoms with Crippen molar-refractivity contribution in [2.24, 2.45) is 0 Å². The van der Waals surface area contributed by atoms with Crippen molar-refractivity contribution in [2.75, 3.05) is 18.4 Å². The Hall–Kier alpha value is -2.69. The van der Waals surface area contributed by atoms with Crippen molar-refractivity contribution in [3.63, 3.8) is 0 Å². The molecule has 1 aromatic carbocycles. The average Bonchev–Trinajstić information content (AvgIpc) is 3.12. The Balaban J connectivity index is 1.76. The third kappa shape index (κ3) is 3.45. The molecule has 3 rings (SSSR count). The van der Waals surface area contributed by atoms with Crippen LogP contribution in [0.2, 0.25) is 0 Å². The van der Waals surface area contributed by atoms with Gasteiger partial charge in [0.1, 0.15) is 11.4 Å². The first kappa shape index (κ1) is 16.2. The van der Waals surface area contributed by atoms with Crippen molar-refractivity contribution in [3.8, 4) is 0 Å². The summed E-state index contributed by atoms with van der Waals surface area (Å²) < 4.78 is 0. The fourth-order valence-electron chi connectivity index (χ4n) is 2.78. The summed E-state index contributed by atoms with van der Waals surface area (Å²) in [6.45, 7) is 5.55. The zero-order chi connectivity index (χ0) is 17.1. The molecule has 1 aromatic heterocycles. The number of hydrogen-bond acceptors (Lipinski definition) is 3. The number of amides is 2. The van der Waals surface area contributed by atoms with Crippen LogP contribution in [-0.2, 0) is 0 Å². The number of hydrogen-bond donors (Lipinski definition) is 1. The first-order chi connectivity index (χ1) is 11.5. The first-order valence-corrected chi connectivity index (χ1v) is 8.19. The summed E-state index contributed by atoms with van der Waals surface area (Å²) in [5.41, 5.74) is 3.58. The zero-order valence-electron chi connectivity index (χ0n) is 14.0. The van der Waals surface area contributed by atoms with E-state index in [-0.39, 0.29) is 17.5 Å². The topological polar surface area (TPSA) is 62.3 Å². The lowest BCUT2D eigenvalue weighted by Crippen LogP contribution is -2.29. The lowest BCUT2D eigenvalue weighted by Gasteiger charge is -2.14. The number of carbonyl (C=O) groups is 2. The molecule has 5 heteroatoms. The van der Waals surface area contributed by atoms with Gasteiger partial charge in [0.25, 0.3) is 11.8 Å². The van der Waals surface area contributed by atoms with Gasteiger partial charge < -0.3 is 10.2 Å². The van der Waals surface area contributed by atoms with Gasteiger partial charge in [0.2, 0.25) is 0 Å². The van der Waals surface area contributed by atoms with Crippen LogP contribution in [0.1, 0.15) is 44.9 Å². The van der Waals surface area contributed by atoms with E-state index in [1.165, 1.54) is 5.56 Å². The minimum atomic E-state index is -0.311. The molecule has 0 radical (unpaired) electrons. The molecule has 24 heavy (non-hydrogen) atoms. The van der Waals surface area contributed by atoms with Crippen molar-refractivity contribution >= 4 is 17.5 Å². The Morgan fingerprint density at radius 3 is 2.42 bits per heavy atom. The summed E-state index contributed by atoms with van der Waals surface area (Å²) in [6, 6.07) is 10.7. The number of aryl methyl sites for hydroxylation is 2. The van der Waals surface area contributed by atoms with Gasteiger partial charge in [-0.05, 0) is 62.1 Å². The van der Waals surface area contributed by atoms with E-state index in [1.54, 1.807) is 23.1 Å². The van der Waals surface area contributed by atoms with Gasteiger partial charge in [-0.15, -0.1) is 0 Å². The second-order valence-corrected chi connectivity index (χ2v) is 6.16. The summed E-state index contributed by atoms with van der Waals surface area (Å²) >= 11 is 0. The number of pyridine rings is 1. The second kappa shape index (κ2) is 6.83. The normalized spacial score (nSPS) is 13.8. The van der Waals surface area contributed by atoms with Crippen LogP contribution in [0.3, 0.4) is 0 Å². The van der Waals surface area contributed by atoms with Gasteiger partial charge in [0.05, 0.1) is 0 Å². The van der Waals surface area contributed by atoms with Gasteiger partial charge in [0, 0.05) is 18.8 Å². The molecule has 124 valence electrons. The van der Waals surface area contributed by atoms with Crippen molar-refractivity contribution in [1.29, 1.82) is 0 Å². The summed E-state index contributed by atoms with van der Waals surface area (Å²) in [4.78, 5) is 30.8. The number of carbonyl (C=O) groups excluding carboxylic acids is 2. The molecular weight excluding hydrogens is 302 g/mol. The van der Waals surface area contributed by atoms with Crippen LogP contribution in [-0.4, -0.2) is 34.8 Å². The summed E-state index contributed by atoms with van der Waals surface area (Å²) in [7, 11) is 0. The number of benzene rings is 1. The zero-order valence-corrected chi connectivity index (χ0v) is 14.0. The van der Waals surface area contributed by atoms with Gasteiger partial charge in [-0.3, -0.25) is 9.59 Å². The number of nitrogens with one attached hydrogen (secondary N) is 1. The van der Waals surface area contributed by atoms with Crippen LogP contribution in [0.25, 0.3) is 0 Å². The standard InChI is InChI=1S/C19H21N3O2/c1-13-8-9-15(12-14(13)2)20-18(23)16-6-5-7-17(21-16)19(24)22-10-3-4-11-22/h5-9,12H,3-4,10-11H2,1-2H3,(H,20,23). The van der Waals surface area contributed by atoms with Gasteiger partial charge in [-0.1, -0.05) is 12.1 Å². The van der Waals surface area contributed by atoms with Crippen LogP contribution in [0.4, 0.5) is 5.69 Å². The molecule has 0 spiro atoms. The third-order valence-corrected chi connectivity index (χ3v) is 4.36. The van der Waals surface area contributed by atoms with E-state index < -0.39 is 0 Å². The Labute approximate surface area is 141 Å². The van der Waals surface area contributed by atoms with Crippen LogP contribution < -0.4 is 5.32 Å². The Morgan fingerprint density at radius 2 is 1.71 bits per heavy atom. The number of nitrogens with zero attached hydrogens (tertiary/aromatic N) is 2. The van der Waals surface area contributed by atoms with Gasteiger partial charge in [0.15, 0.2) is 0 Å². The Morgan fingerprint density at radius 1 is 1.00 bits per heavy atom. The van der Waals surface area contributed by atoms with Crippen LogP contribution >= 0.6 is 0 Å². The maximum atomic E-state index is 12.4. The first-order valence-electron chi connectivity index (χ1n) is 8.19. The maximum absolute atomic E-state index is 12.4. The number of anilines is 1. The lowest BCUT2D eigenvalue weighted by atomic mass is 10.1. The SMILES string of the molecule is Cc1ccc(NC(=O)c2cccc(C(=O)N3CCCC3)n2)cc1C. The van der Waals surface area contributed by atoms with E-state index in [2.05, 4.69) is 10.3 Å². The van der Waals surface area contributed by atoms with Crippen molar-refractivity contribution in [1.82, 2.24) is 9.88 Å². The molecule has 1 saturated heterocycles. The molecule has 2 aromatic rings. The number of likely N-dealkylation sites (tertiary alicyclic amines) is 1. The third-order valence-electron chi connectivity index (χ3n) is 4.36. The highest BCUT2D eigenvalue weighted by Crippen LogP contribution is 2.16. The molecule has 0 unspecified atom stereocenters. The van der Waals surface area contributed by atoms with E-state index in [0.29, 0.717) is 5.69 Å². The van der Waals surface area contributed by atoms with Gasteiger partial charge in [-0.2, -0.15) is 0 Å². The Bertz CT molecular complexity index is 780. The van der Waals surface area contributed by atoms with E-state index in [1.807, 2.05) is 32.0 Å². The van der Waals surface area contributed by atoms with E-state index in [9.17, 15) is 9.59 Å². The van der Waals surface area contributed by atoms with Crippen LogP contribution in [0, 0.1) is 13.8 Å². The lowest BCUT2D eigenvalue weighted by molar-refractivity contribution is 0.0787. The van der Waals surface area contributed by atoms with Crippen molar-refractivity contribution in [3.05, 3.63) is 58.9 Å². The highest BCUT2D eigenvalue weighted by molar-refractivity contribution is 6.03. The monoisotopic (exact) mass is 323 g/mol. The molecule has 0 atom stereocenters. The average molecular weight is 323 g/mol. The predicted molar refractivity (Wildman–Crippen MR) is 93.2 cm³/mol. The van der Waals surface area contributed by atoms with Crippen LogP contribution in [0.15, 0.2) is 36.4 Å². The van der Waals surface area contributed by atoms with Crippen molar-refractivity contribution < 1.29 is 9.59 Å². The molecule has 2 heterocycles.